The van der Waals surface area contributed by atoms with Crippen LogP contribution in [0.15, 0.2) is 24.3 Å². The maximum atomic E-state index is 11.5. The van der Waals surface area contributed by atoms with E-state index in [1.54, 1.807) is 11.9 Å². The number of rotatable bonds is 5. The van der Waals surface area contributed by atoms with E-state index in [-0.39, 0.29) is 12.3 Å². The molecule has 1 aromatic rings. The minimum absolute atomic E-state index is 0.00794. The van der Waals surface area contributed by atoms with E-state index < -0.39 is 0 Å². The predicted molar refractivity (Wildman–Crippen MR) is 67.6 cm³/mol. The number of benzene rings is 1. The van der Waals surface area contributed by atoms with Gasteiger partial charge in [-0.2, -0.15) is 5.26 Å². The fourth-order valence-corrected chi connectivity index (χ4v) is 1.68. The van der Waals surface area contributed by atoms with Gasteiger partial charge in [0, 0.05) is 31.5 Å². The van der Waals surface area contributed by atoms with Crippen LogP contribution in [0.1, 0.15) is 18.4 Å². The first-order valence-electron chi connectivity index (χ1n) is 5.49. The van der Waals surface area contributed by atoms with Crippen LogP contribution in [-0.4, -0.2) is 24.4 Å². The van der Waals surface area contributed by atoms with Crippen molar-refractivity contribution < 1.29 is 4.79 Å². The van der Waals surface area contributed by atoms with Crippen LogP contribution in [0.3, 0.4) is 0 Å². The van der Waals surface area contributed by atoms with Gasteiger partial charge >= 0.3 is 0 Å². The minimum atomic E-state index is 0.00794. The van der Waals surface area contributed by atoms with Gasteiger partial charge in [-0.1, -0.05) is 23.7 Å². The molecule has 0 heterocycles. The van der Waals surface area contributed by atoms with E-state index in [4.69, 9.17) is 16.9 Å². The highest BCUT2D eigenvalue weighted by molar-refractivity contribution is 6.30. The number of carbonyl (C=O) groups excluding carboxylic acids is 1. The molecule has 0 spiro atoms. The second-order valence-electron chi connectivity index (χ2n) is 3.85. The van der Waals surface area contributed by atoms with Gasteiger partial charge in [0.2, 0.25) is 5.91 Å². The summed E-state index contributed by atoms with van der Waals surface area (Å²) in [6, 6.07) is 9.58. The van der Waals surface area contributed by atoms with Crippen molar-refractivity contribution >= 4 is 17.5 Å². The van der Waals surface area contributed by atoms with Crippen LogP contribution in [0.4, 0.5) is 0 Å². The first-order chi connectivity index (χ1) is 8.13. The fraction of sp³-hybridized carbons (Fsp3) is 0.385. The molecule has 0 unspecified atom stereocenters. The second-order valence-corrected chi connectivity index (χ2v) is 4.29. The number of carbonyl (C=O) groups is 1. The molecule has 0 atom stereocenters. The number of hydrogen-bond acceptors (Lipinski definition) is 2. The fourth-order valence-electron chi connectivity index (χ4n) is 1.47. The topological polar surface area (TPSA) is 44.1 Å². The van der Waals surface area contributed by atoms with Crippen molar-refractivity contribution in [1.82, 2.24) is 4.90 Å². The maximum absolute atomic E-state index is 11.5. The SMILES string of the molecule is CN(CCc1cccc(Cl)c1)C(=O)CCC#N. The Morgan fingerprint density at radius 3 is 2.94 bits per heavy atom. The van der Waals surface area contributed by atoms with E-state index in [1.807, 2.05) is 30.3 Å². The van der Waals surface area contributed by atoms with Crippen LogP contribution < -0.4 is 0 Å². The molecule has 0 bridgehead atoms. The summed E-state index contributed by atoms with van der Waals surface area (Å²) in [5.74, 6) is 0.00794. The van der Waals surface area contributed by atoms with Gasteiger partial charge in [0.25, 0.3) is 0 Å². The van der Waals surface area contributed by atoms with E-state index in [0.717, 1.165) is 12.0 Å². The molecular weight excluding hydrogens is 236 g/mol. The summed E-state index contributed by atoms with van der Waals surface area (Å²) in [5, 5.41) is 9.11. The molecule has 3 nitrogen and oxygen atoms in total. The Balaban J connectivity index is 2.40. The molecule has 4 heteroatoms. The summed E-state index contributed by atoms with van der Waals surface area (Å²) >= 11 is 5.87. The molecule has 1 rings (SSSR count). The number of hydrogen-bond donors (Lipinski definition) is 0. The molecule has 0 saturated carbocycles. The van der Waals surface area contributed by atoms with E-state index in [1.165, 1.54) is 0 Å². The Kier molecular flexibility index (Phi) is 5.51. The average molecular weight is 251 g/mol. The zero-order valence-corrected chi connectivity index (χ0v) is 10.6. The highest BCUT2D eigenvalue weighted by Crippen LogP contribution is 2.11. The largest absolute Gasteiger partial charge is 0.345 e. The third-order valence-corrected chi connectivity index (χ3v) is 2.74. The van der Waals surface area contributed by atoms with Gasteiger partial charge < -0.3 is 4.90 Å². The molecule has 0 aliphatic carbocycles. The van der Waals surface area contributed by atoms with Crippen molar-refractivity contribution in [2.75, 3.05) is 13.6 Å². The lowest BCUT2D eigenvalue weighted by Crippen LogP contribution is -2.28. The lowest BCUT2D eigenvalue weighted by atomic mass is 10.1. The molecule has 0 aromatic heterocycles. The number of nitrogens with zero attached hydrogens (tertiary/aromatic N) is 2. The molecular formula is C13H15ClN2O. The standard InChI is InChI=1S/C13H15ClN2O/c1-16(13(17)6-3-8-15)9-7-11-4-2-5-12(14)10-11/h2,4-5,10H,3,6-7,9H2,1H3. The van der Waals surface area contributed by atoms with Gasteiger partial charge in [-0.15, -0.1) is 0 Å². The van der Waals surface area contributed by atoms with Gasteiger partial charge in [0.1, 0.15) is 0 Å². The molecule has 0 saturated heterocycles. The zero-order valence-electron chi connectivity index (χ0n) is 9.82. The smallest absolute Gasteiger partial charge is 0.223 e. The van der Waals surface area contributed by atoms with Crippen LogP contribution in [0.2, 0.25) is 5.02 Å². The Labute approximate surface area is 107 Å². The molecule has 17 heavy (non-hydrogen) atoms. The van der Waals surface area contributed by atoms with Gasteiger partial charge in [0.15, 0.2) is 0 Å². The van der Waals surface area contributed by atoms with E-state index in [0.29, 0.717) is 18.0 Å². The quantitative estimate of drug-likeness (QED) is 0.806. The Bertz CT molecular complexity index is 426. The van der Waals surface area contributed by atoms with Gasteiger partial charge in [-0.3, -0.25) is 4.79 Å². The third kappa shape index (κ3) is 4.88. The molecule has 0 aliphatic rings. The number of likely N-dealkylation sites (N-methyl/N-ethyl adjacent to an activating group) is 1. The minimum Gasteiger partial charge on any atom is -0.345 e. The second kappa shape index (κ2) is 6.93. The summed E-state index contributed by atoms with van der Waals surface area (Å²) in [6.45, 7) is 0.643. The van der Waals surface area contributed by atoms with Crippen LogP contribution in [0.25, 0.3) is 0 Å². The third-order valence-electron chi connectivity index (χ3n) is 2.50. The summed E-state index contributed by atoms with van der Waals surface area (Å²) in [6.07, 6.45) is 1.35. The molecule has 0 N–H and O–H groups in total. The summed E-state index contributed by atoms with van der Waals surface area (Å²) in [4.78, 5) is 13.2. The van der Waals surface area contributed by atoms with Crippen LogP contribution in [0.5, 0.6) is 0 Å². The Morgan fingerprint density at radius 1 is 1.53 bits per heavy atom. The van der Waals surface area contributed by atoms with Crippen molar-refractivity contribution in [1.29, 1.82) is 5.26 Å². The van der Waals surface area contributed by atoms with E-state index >= 15 is 0 Å². The predicted octanol–water partition coefficient (Wildman–Crippen LogP) is 2.64. The van der Waals surface area contributed by atoms with Gasteiger partial charge in [-0.25, -0.2) is 0 Å². The monoisotopic (exact) mass is 250 g/mol. The Hall–Kier alpha value is -1.53. The van der Waals surface area contributed by atoms with Crippen LogP contribution >= 0.6 is 11.6 Å². The first-order valence-corrected chi connectivity index (χ1v) is 5.86. The van der Waals surface area contributed by atoms with Crippen molar-refractivity contribution in [3.63, 3.8) is 0 Å². The molecule has 0 fully saturated rings. The molecule has 0 aliphatic heterocycles. The highest BCUT2D eigenvalue weighted by Gasteiger charge is 2.07. The van der Waals surface area contributed by atoms with Crippen LogP contribution in [-0.2, 0) is 11.2 Å². The Morgan fingerprint density at radius 2 is 2.29 bits per heavy atom. The molecule has 0 radical (unpaired) electrons. The van der Waals surface area contributed by atoms with Crippen molar-refractivity contribution in [3.05, 3.63) is 34.9 Å². The lowest BCUT2D eigenvalue weighted by Gasteiger charge is -2.16. The van der Waals surface area contributed by atoms with Crippen molar-refractivity contribution in [3.8, 4) is 6.07 Å². The van der Waals surface area contributed by atoms with Gasteiger partial charge in [-0.05, 0) is 24.1 Å². The molecule has 90 valence electrons. The summed E-state index contributed by atoms with van der Waals surface area (Å²) in [5.41, 5.74) is 1.11. The highest BCUT2D eigenvalue weighted by atomic mass is 35.5. The van der Waals surface area contributed by atoms with Crippen molar-refractivity contribution in [2.45, 2.75) is 19.3 Å². The summed E-state index contributed by atoms with van der Waals surface area (Å²) in [7, 11) is 1.75. The van der Waals surface area contributed by atoms with Crippen LogP contribution in [0, 0.1) is 11.3 Å². The maximum Gasteiger partial charge on any atom is 0.223 e. The first kappa shape index (κ1) is 13.5. The number of nitriles is 1. The number of halogens is 1. The normalized spacial score (nSPS) is 9.71. The van der Waals surface area contributed by atoms with Crippen molar-refractivity contribution in [2.24, 2.45) is 0 Å². The molecule has 1 aromatic carbocycles. The van der Waals surface area contributed by atoms with E-state index in [2.05, 4.69) is 0 Å². The average Bonchev–Trinajstić information content (AvgIpc) is 2.33. The lowest BCUT2D eigenvalue weighted by molar-refractivity contribution is -0.129. The number of amides is 1. The zero-order chi connectivity index (χ0) is 12.7. The van der Waals surface area contributed by atoms with E-state index in [9.17, 15) is 4.79 Å². The molecule has 1 amide bonds. The summed E-state index contributed by atoms with van der Waals surface area (Å²) < 4.78 is 0. The van der Waals surface area contributed by atoms with Gasteiger partial charge in [0.05, 0.1) is 6.07 Å².